The molecule has 0 amide bonds. The molecular formula is C20H19NO3. The van der Waals surface area contributed by atoms with Crippen molar-refractivity contribution >= 4 is 22.7 Å². The minimum absolute atomic E-state index is 0.134. The quantitative estimate of drug-likeness (QED) is 0.574. The molecule has 1 atom stereocenters. The predicted octanol–water partition coefficient (Wildman–Crippen LogP) is 3.83. The van der Waals surface area contributed by atoms with Gasteiger partial charge in [0.15, 0.2) is 6.10 Å². The van der Waals surface area contributed by atoms with Crippen molar-refractivity contribution in [3.63, 3.8) is 0 Å². The Kier molecular flexibility index (Phi) is 4.47. The van der Waals surface area contributed by atoms with Gasteiger partial charge in [0.2, 0.25) is 5.78 Å². The smallest absolute Gasteiger partial charge is 0.311 e. The predicted molar refractivity (Wildman–Crippen MR) is 93.1 cm³/mol. The van der Waals surface area contributed by atoms with Crippen molar-refractivity contribution in [1.82, 2.24) is 4.98 Å². The van der Waals surface area contributed by atoms with E-state index in [4.69, 9.17) is 4.74 Å². The van der Waals surface area contributed by atoms with Crippen LogP contribution >= 0.6 is 0 Å². The first-order valence-electron chi connectivity index (χ1n) is 7.90. The Labute approximate surface area is 140 Å². The molecule has 0 aliphatic carbocycles. The summed E-state index contributed by atoms with van der Waals surface area (Å²) in [6, 6.07) is 15.0. The van der Waals surface area contributed by atoms with Crippen LogP contribution < -0.4 is 0 Å². The van der Waals surface area contributed by atoms with E-state index in [0.717, 1.165) is 22.0 Å². The molecule has 0 bridgehead atoms. The summed E-state index contributed by atoms with van der Waals surface area (Å²) >= 11 is 0. The van der Waals surface area contributed by atoms with Gasteiger partial charge in [-0.1, -0.05) is 48.0 Å². The van der Waals surface area contributed by atoms with Crippen LogP contribution in [0.15, 0.2) is 54.7 Å². The van der Waals surface area contributed by atoms with Gasteiger partial charge in [0, 0.05) is 22.7 Å². The normalized spacial score (nSPS) is 12.1. The van der Waals surface area contributed by atoms with Crippen molar-refractivity contribution in [3.8, 4) is 0 Å². The summed E-state index contributed by atoms with van der Waals surface area (Å²) in [5.74, 6) is -0.602. The average molecular weight is 321 g/mol. The lowest BCUT2D eigenvalue weighted by atomic mass is 10.1. The summed E-state index contributed by atoms with van der Waals surface area (Å²) in [5.41, 5.74) is 3.47. The van der Waals surface area contributed by atoms with Crippen molar-refractivity contribution in [1.29, 1.82) is 0 Å². The van der Waals surface area contributed by atoms with Gasteiger partial charge < -0.3 is 9.72 Å². The molecule has 0 spiro atoms. The second-order valence-corrected chi connectivity index (χ2v) is 5.90. The molecule has 0 fully saturated rings. The number of hydrogen-bond acceptors (Lipinski definition) is 3. The standard InChI is InChI=1S/C20H19NO3/c1-13-7-9-15(10-8-13)20(23)14(2)24-19(22)11-16-12-21-18-6-4-3-5-17(16)18/h3-10,12,14,21H,11H2,1-2H3/t14-/m0/s1. The van der Waals surface area contributed by atoms with Crippen LogP contribution in [0.4, 0.5) is 0 Å². The zero-order valence-corrected chi connectivity index (χ0v) is 13.7. The largest absolute Gasteiger partial charge is 0.454 e. The lowest BCUT2D eigenvalue weighted by Gasteiger charge is -2.12. The highest BCUT2D eigenvalue weighted by molar-refractivity contribution is 6.00. The van der Waals surface area contributed by atoms with Crippen LogP contribution in [-0.4, -0.2) is 22.8 Å². The number of hydrogen-bond donors (Lipinski definition) is 1. The maximum atomic E-state index is 12.3. The third-order valence-electron chi connectivity index (χ3n) is 4.02. The zero-order valence-electron chi connectivity index (χ0n) is 13.7. The number of ether oxygens (including phenoxy) is 1. The maximum Gasteiger partial charge on any atom is 0.311 e. The number of Topliss-reactive ketones (excluding diaryl/α,β-unsaturated/α-hetero) is 1. The van der Waals surface area contributed by atoms with Gasteiger partial charge in [0.05, 0.1) is 6.42 Å². The molecule has 0 saturated carbocycles. The number of fused-ring (bicyclic) bond motifs is 1. The van der Waals surface area contributed by atoms with E-state index in [2.05, 4.69) is 4.98 Å². The van der Waals surface area contributed by atoms with Crippen LogP contribution in [0.25, 0.3) is 10.9 Å². The molecule has 4 heteroatoms. The van der Waals surface area contributed by atoms with Crippen LogP contribution in [0.1, 0.15) is 28.4 Å². The summed E-state index contributed by atoms with van der Waals surface area (Å²) in [7, 11) is 0. The molecule has 1 aromatic heterocycles. The van der Waals surface area contributed by atoms with E-state index in [9.17, 15) is 9.59 Å². The molecule has 2 aromatic carbocycles. The van der Waals surface area contributed by atoms with Gasteiger partial charge in [-0.05, 0) is 25.5 Å². The number of aryl methyl sites for hydroxylation is 1. The van der Waals surface area contributed by atoms with Crippen LogP contribution in [0.5, 0.6) is 0 Å². The van der Waals surface area contributed by atoms with Gasteiger partial charge in [-0.15, -0.1) is 0 Å². The Hall–Kier alpha value is -2.88. The SMILES string of the molecule is Cc1ccc(C(=O)[C@H](C)OC(=O)Cc2c[nH]c3ccccc23)cc1. The molecule has 3 aromatic rings. The molecule has 0 unspecified atom stereocenters. The highest BCUT2D eigenvalue weighted by Gasteiger charge is 2.20. The second kappa shape index (κ2) is 6.71. The lowest BCUT2D eigenvalue weighted by Crippen LogP contribution is -2.25. The number of aromatic amines is 1. The summed E-state index contributed by atoms with van der Waals surface area (Å²) in [5, 5.41) is 0.993. The minimum Gasteiger partial charge on any atom is -0.454 e. The molecule has 1 heterocycles. The molecule has 122 valence electrons. The molecular weight excluding hydrogens is 302 g/mol. The number of carbonyl (C=O) groups is 2. The molecule has 4 nitrogen and oxygen atoms in total. The van der Waals surface area contributed by atoms with Gasteiger partial charge in [-0.25, -0.2) is 0 Å². The molecule has 0 aliphatic rings. The van der Waals surface area contributed by atoms with E-state index >= 15 is 0 Å². The third-order valence-corrected chi connectivity index (χ3v) is 4.02. The van der Waals surface area contributed by atoms with E-state index in [1.54, 1.807) is 25.3 Å². The highest BCUT2D eigenvalue weighted by Crippen LogP contribution is 2.19. The summed E-state index contributed by atoms with van der Waals surface area (Å²) in [6.07, 6.45) is 1.14. The fraction of sp³-hybridized carbons (Fsp3) is 0.200. The number of benzene rings is 2. The van der Waals surface area contributed by atoms with E-state index in [0.29, 0.717) is 5.56 Å². The Morgan fingerprint density at radius 2 is 1.79 bits per heavy atom. The topological polar surface area (TPSA) is 59.2 Å². The first-order chi connectivity index (χ1) is 11.5. The molecule has 0 radical (unpaired) electrons. The molecule has 0 saturated heterocycles. The minimum atomic E-state index is -0.801. The van der Waals surface area contributed by atoms with Gasteiger partial charge in [0.25, 0.3) is 0 Å². The average Bonchev–Trinajstić information content (AvgIpc) is 2.98. The molecule has 3 rings (SSSR count). The number of esters is 1. The van der Waals surface area contributed by atoms with Gasteiger partial charge in [-0.3, -0.25) is 9.59 Å². The van der Waals surface area contributed by atoms with Crippen molar-refractivity contribution in [2.24, 2.45) is 0 Å². The summed E-state index contributed by atoms with van der Waals surface area (Å²) in [6.45, 7) is 3.56. The Morgan fingerprint density at radius 1 is 1.08 bits per heavy atom. The molecule has 1 N–H and O–H groups in total. The van der Waals surface area contributed by atoms with Gasteiger partial charge in [-0.2, -0.15) is 0 Å². The Morgan fingerprint density at radius 3 is 2.54 bits per heavy atom. The summed E-state index contributed by atoms with van der Waals surface area (Å²) in [4.78, 5) is 27.6. The van der Waals surface area contributed by atoms with Crippen molar-refractivity contribution in [3.05, 3.63) is 71.4 Å². The first kappa shape index (κ1) is 16.0. The number of ketones is 1. The van der Waals surface area contributed by atoms with E-state index < -0.39 is 12.1 Å². The zero-order chi connectivity index (χ0) is 17.1. The fourth-order valence-corrected chi connectivity index (χ4v) is 2.68. The Bertz CT molecular complexity index is 877. The second-order valence-electron chi connectivity index (χ2n) is 5.90. The number of rotatable bonds is 5. The number of carbonyl (C=O) groups excluding carboxylic acids is 2. The van der Waals surface area contributed by atoms with Gasteiger partial charge >= 0.3 is 5.97 Å². The van der Waals surface area contributed by atoms with Crippen LogP contribution in [0.3, 0.4) is 0 Å². The molecule has 24 heavy (non-hydrogen) atoms. The maximum absolute atomic E-state index is 12.3. The van der Waals surface area contributed by atoms with E-state index in [-0.39, 0.29) is 12.2 Å². The number of H-pyrrole nitrogens is 1. The van der Waals surface area contributed by atoms with Crippen LogP contribution in [-0.2, 0) is 16.0 Å². The van der Waals surface area contributed by atoms with Crippen molar-refractivity contribution in [2.45, 2.75) is 26.4 Å². The van der Waals surface area contributed by atoms with E-state index in [1.165, 1.54) is 0 Å². The highest BCUT2D eigenvalue weighted by atomic mass is 16.5. The fourth-order valence-electron chi connectivity index (χ4n) is 2.68. The number of aromatic nitrogens is 1. The van der Waals surface area contributed by atoms with E-state index in [1.807, 2.05) is 43.3 Å². The number of para-hydroxylation sites is 1. The van der Waals surface area contributed by atoms with Crippen molar-refractivity contribution in [2.75, 3.05) is 0 Å². The first-order valence-corrected chi connectivity index (χ1v) is 7.90. The number of nitrogens with one attached hydrogen (secondary N) is 1. The third kappa shape index (κ3) is 3.38. The van der Waals surface area contributed by atoms with Crippen molar-refractivity contribution < 1.29 is 14.3 Å². The molecule has 0 aliphatic heterocycles. The van der Waals surface area contributed by atoms with Crippen LogP contribution in [0.2, 0.25) is 0 Å². The van der Waals surface area contributed by atoms with Gasteiger partial charge in [0.1, 0.15) is 0 Å². The van der Waals surface area contributed by atoms with Crippen LogP contribution in [0, 0.1) is 6.92 Å². The summed E-state index contributed by atoms with van der Waals surface area (Å²) < 4.78 is 5.32. The Balaban J connectivity index is 1.66. The monoisotopic (exact) mass is 321 g/mol. The lowest BCUT2D eigenvalue weighted by molar-refractivity contribution is -0.145.